The first-order valence-electron chi connectivity index (χ1n) is 8.35. The summed E-state index contributed by atoms with van der Waals surface area (Å²) >= 11 is 1.75. The molecular weight excluding hydrogens is 290 g/mol. The summed E-state index contributed by atoms with van der Waals surface area (Å²) in [5.74, 6) is 0. The highest BCUT2D eigenvalue weighted by Gasteiger charge is 2.09. The Bertz CT molecular complexity index is 546. The molecule has 1 aromatic heterocycles. The van der Waals surface area contributed by atoms with Gasteiger partial charge in [0.25, 0.3) is 0 Å². The molecule has 1 aromatic carbocycles. The van der Waals surface area contributed by atoms with Crippen LogP contribution < -0.4 is 5.32 Å². The van der Waals surface area contributed by atoms with Crippen LogP contribution in [0.5, 0.6) is 0 Å². The molecule has 1 saturated heterocycles. The highest BCUT2D eigenvalue weighted by Crippen LogP contribution is 2.21. The molecule has 4 heteroatoms. The molecule has 0 spiro atoms. The largest absolute Gasteiger partial charge is 0.310 e. The zero-order valence-electron chi connectivity index (χ0n) is 13.1. The summed E-state index contributed by atoms with van der Waals surface area (Å²) in [6, 6.07) is 10.4. The average Bonchev–Trinajstić information content (AvgIpc) is 3.05. The summed E-state index contributed by atoms with van der Waals surface area (Å²) in [7, 11) is 0. The van der Waals surface area contributed by atoms with Crippen molar-refractivity contribution in [2.45, 2.75) is 32.2 Å². The van der Waals surface area contributed by atoms with Gasteiger partial charge in [-0.25, -0.2) is 4.98 Å². The molecule has 1 N–H and O–H groups in total. The van der Waals surface area contributed by atoms with Gasteiger partial charge in [-0.15, -0.1) is 11.3 Å². The fourth-order valence-electron chi connectivity index (χ4n) is 2.94. The van der Waals surface area contributed by atoms with Crippen molar-refractivity contribution in [3.05, 3.63) is 40.7 Å². The second kappa shape index (κ2) is 8.42. The van der Waals surface area contributed by atoms with Crippen LogP contribution in [0, 0.1) is 0 Å². The van der Waals surface area contributed by atoms with Crippen molar-refractivity contribution in [2.75, 3.05) is 26.2 Å². The van der Waals surface area contributed by atoms with E-state index in [0.29, 0.717) is 0 Å². The Labute approximate surface area is 137 Å². The van der Waals surface area contributed by atoms with E-state index >= 15 is 0 Å². The molecule has 22 heavy (non-hydrogen) atoms. The molecule has 0 atom stereocenters. The average molecular weight is 315 g/mol. The van der Waals surface area contributed by atoms with Gasteiger partial charge in [0.2, 0.25) is 0 Å². The standard InChI is InChI=1S/C18H25N3S/c1-3-8-16(9-4-1)17-15-22-18(20-17)14-19-10-7-13-21-11-5-2-6-12-21/h1,3-4,8-9,15,19H,2,5-7,10-14H2. The van der Waals surface area contributed by atoms with E-state index in [1.165, 1.54) is 55.9 Å². The topological polar surface area (TPSA) is 28.2 Å². The lowest BCUT2D eigenvalue weighted by atomic mass is 10.1. The van der Waals surface area contributed by atoms with Crippen molar-refractivity contribution in [3.63, 3.8) is 0 Å². The fourth-order valence-corrected chi connectivity index (χ4v) is 3.71. The molecule has 1 fully saturated rings. The van der Waals surface area contributed by atoms with E-state index in [-0.39, 0.29) is 0 Å². The van der Waals surface area contributed by atoms with Crippen molar-refractivity contribution < 1.29 is 0 Å². The summed E-state index contributed by atoms with van der Waals surface area (Å²) in [4.78, 5) is 7.31. The van der Waals surface area contributed by atoms with Crippen LogP contribution in [0.1, 0.15) is 30.7 Å². The minimum Gasteiger partial charge on any atom is -0.310 e. The Hall–Kier alpha value is -1.23. The molecule has 0 amide bonds. The molecule has 118 valence electrons. The second-order valence-electron chi connectivity index (χ2n) is 5.93. The van der Waals surface area contributed by atoms with Crippen molar-refractivity contribution in [3.8, 4) is 11.3 Å². The highest BCUT2D eigenvalue weighted by molar-refractivity contribution is 7.09. The van der Waals surface area contributed by atoms with Gasteiger partial charge in [0.15, 0.2) is 0 Å². The number of nitrogens with one attached hydrogen (secondary N) is 1. The monoisotopic (exact) mass is 315 g/mol. The Kier molecular flexibility index (Phi) is 5.99. The SMILES string of the molecule is c1ccc(-c2csc(CNCCCN3CCCCC3)n2)cc1. The quantitative estimate of drug-likeness (QED) is 0.788. The van der Waals surface area contributed by atoms with E-state index < -0.39 is 0 Å². The Morgan fingerprint density at radius 3 is 2.73 bits per heavy atom. The fraction of sp³-hybridized carbons (Fsp3) is 0.500. The molecular formula is C18H25N3S. The van der Waals surface area contributed by atoms with E-state index in [9.17, 15) is 0 Å². The smallest absolute Gasteiger partial charge is 0.107 e. The van der Waals surface area contributed by atoms with E-state index in [4.69, 9.17) is 4.98 Å². The minimum absolute atomic E-state index is 0.886. The van der Waals surface area contributed by atoms with Gasteiger partial charge in [-0.3, -0.25) is 0 Å². The first kappa shape index (κ1) is 15.7. The number of piperidine rings is 1. The van der Waals surface area contributed by atoms with Crippen LogP contribution in [0.4, 0.5) is 0 Å². The van der Waals surface area contributed by atoms with Crippen LogP contribution >= 0.6 is 11.3 Å². The van der Waals surface area contributed by atoms with Crippen LogP contribution in [-0.2, 0) is 6.54 Å². The van der Waals surface area contributed by atoms with Gasteiger partial charge < -0.3 is 10.2 Å². The van der Waals surface area contributed by atoms with E-state index in [1.807, 2.05) is 6.07 Å². The van der Waals surface area contributed by atoms with E-state index in [0.717, 1.165) is 18.8 Å². The van der Waals surface area contributed by atoms with Crippen LogP contribution in [0.25, 0.3) is 11.3 Å². The van der Waals surface area contributed by atoms with Gasteiger partial charge in [0, 0.05) is 17.5 Å². The first-order valence-corrected chi connectivity index (χ1v) is 9.23. The van der Waals surface area contributed by atoms with Crippen LogP contribution in [-0.4, -0.2) is 36.1 Å². The molecule has 3 nitrogen and oxygen atoms in total. The number of benzene rings is 1. The van der Waals surface area contributed by atoms with Crippen molar-refractivity contribution in [1.82, 2.24) is 15.2 Å². The van der Waals surface area contributed by atoms with Gasteiger partial charge in [0.05, 0.1) is 5.69 Å². The van der Waals surface area contributed by atoms with E-state index in [2.05, 4.69) is 39.9 Å². The van der Waals surface area contributed by atoms with Gasteiger partial charge >= 0.3 is 0 Å². The summed E-state index contributed by atoms with van der Waals surface area (Å²) in [6.07, 6.45) is 5.42. The Morgan fingerprint density at radius 2 is 1.91 bits per heavy atom. The lowest BCUT2D eigenvalue weighted by molar-refractivity contribution is 0.225. The van der Waals surface area contributed by atoms with Crippen molar-refractivity contribution in [1.29, 1.82) is 0 Å². The maximum Gasteiger partial charge on any atom is 0.107 e. The lowest BCUT2D eigenvalue weighted by Crippen LogP contribution is -2.32. The maximum atomic E-state index is 4.71. The number of nitrogens with zero attached hydrogens (tertiary/aromatic N) is 2. The van der Waals surface area contributed by atoms with Crippen LogP contribution in [0.15, 0.2) is 35.7 Å². The Balaban J connectivity index is 1.36. The minimum atomic E-state index is 0.886. The highest BCUT2D eigenvalue weighted by atomic mass is 32.1. The second-order valence-corrected chi connectivity index (χ2v) is 6.87. The van der Waals surface area contributed by atoms with Gasteiger partial charge in [0.1, 0.15) is 5.01 Å². The third-order valence-electron chi connectivity index (χ3n) is 4.17. The van der Waals surface area contributed by atoms with Crippen molar-refractivity contribution in [2.24, 2.45) is 0 Å². The third kappa shape index (κ3) is 4.63. The summed E-state index contributed by atoms with van der Waals surface area (Å²) in [6.45, 7) is 5.80. The molecule has 2 heterocycles. The molecule has 0 aliphatic carbocycles. The predicted molar refractivity (Wildman–Crippen MR) is 94.2 cm³/mol. The first-order chi connectivity index (χ1) is 10.9. The van der Waals surface area contributed by atoms with Gasteiger partial charge in [-0.2, -0.15) is 0 Å². The number of hydrogen-bond acceptors (Lipinski definition) is 4. The molecule has 0 radical (unpaired) electrons. The zero-order valence-corrected chi connectivity index (χ0v) is 13.9. The normalized spacial score (nSPS) is 16.0. The van der Waals surface area contributed by atoms with E-state index in [1.54, 1.807) is 11.3 Å². The number of hydrogen-bond donors (Lipinski definition) is 1. The predicted octanol–water partition coefficient (Wildman–Crippen LogP) is 3.78. The molecule has 1 aliphatic rings. The van der Waals surface area contributed by atoms with Gasteiger partial charge in [-0.05, 0) is 45.4 Å². The number of aromatic nitrogens is 1. The zero-order chi connectivity index (χ0) is 15.0. The number of rotatable bonds is 7. The maximum absolute atomic E-state index is 4.71. The summed E-state index contributed by atoms with van der Waals surface area (Å²) < 4.78 is 0. The van der Waals surface area contributed by atoms with Crippen molar-refractivity contribution >= 4 is 11.3 Å². The summed E-state index contributed by atoms with van der Waals surface area (Å²) in [5.41, 5.74) is 2.30. The van der Waals surface area contributed by atoms with Crippen LogP contribution in [0.2, 0.25) is 0 Å². The van der Waals surface area contributed by atoms with Gasteiger partial charge in [-0.1, -0.05) is 36.8 Å². The summed E-state index contributed by atoms with van der Waals surface area (Å²) in [5, 5.41) is 6.86. The lowest BCUT2D eigenvalue weighted by Gasteiger charge is -2.26. The number of thiazole rings is 1. The third-order valence-corrected chi connectivity index (χ3v) is 5.02. The molecule has 0 bridgehead atoms. The molecule has 1 aliphatic heterocycles. The molecule has 0 saturated carbocycles. The number of likely N-dealkylation sites (tertiary alicyclic amines) is 1. The molecule has 3 rings (SSSR count). The molecule has 2 aromatic rings. The van der Waals surface area contributed by atoms with Crippen LogP contribution in [0.3, 0.4) is 0 Å². The molecule has 0 unspecified atom stereocenters. The Morgan fingerprint density at radius 1 is 1.09 bits per heavy atom.